The van der Waals surface area contributed by atoms with Crippen molar-refractivity contribution in [1.29, 1.82) is 0 Å². The summed E-state index contributed by atoms with van der Waals surface area (Å²) in [5, 5.41) is 5.86. The summed E-state index contributed by atoms with van der Waals surface area (Å²) in [6.45, 7) is 0. The standard InChI is InChI=1S/C22H16ClFN2O2/c23-17-8-12-19(13-9-17)25-22(28)20(14-15-6-10-18(24)11-7-15)26-21(27)16-4-2-1-3-5-16/h1-14H,(H,25,28)(H,26,27)/b20-14+. The molecule has 0 saturated heterocycles. The Balaban J connectivity index is 1.86. The Morgan fingerprint density at radius 2 is 1.50 bits per heavy atom. The number of rotatable bonds is 5. The fourth-order valence-corrected chi connectivity index (χ4v) is 2.53. The van der Waals surface area contributed by atoms with Gasteiger partial charge < -0.3 is 10.6 Å². The normalized spacial score (nSPS) is 11.0. The van der Waals surface area contributed by atoms with Crippen molar-refractivity contribution in [2.75, 3.05) is 5.32 Å². The molecule has 0 aliphatic carbocycles. The van der Waals surface area contributed by atoms with E-state index in [1.54, 1.807) is 54.6 Å². The zero-order valence-corrected chi connectivity index (χ0v) is 15.4. The lowest BCUT2D eigenvalue weighted by atomic mass is 10.1. The lowest BCUT2D eigenvalue weighted by Gasteiger charge is -2.11. The van der Waals surface area contributed by atoms with Gasteiger partial charge in [-0.25, -0.2) is 4.39 Å². The lowest BCUT2D eigenvalue weighted by molar-refractivity contribution is -0.113. The van der Waals surface area contributed by atoms with Gasteiger partial charge in [-0.3, -0.25) is 9.59 Å². The van der Waals surface area contributed by atoms with Crippen LogP contribution >= 0.6 is 11.6 Å². The predicted molar refractivity (Wildman–Crippen MR) is 108 cm³/mol. The number of hydrogen-bond donors (Lipinski definition) is 2. The van der Waals surface area contributed by atoms with E-state index in [1.165, 1.54) is 30.3 Å². The first-order chi connectivity index (χ1) is 13.5. The highest BCUT2D eigenvalue weighted by atomic mass is 35.5. The molecule has 0 bridgehead atoms. The van der Waals surface area contributed by atoms with Gasteiger partial charge in [0.05, 0.1) is 0 Å². The van der Waals surface area contributed by atoms with Crippen LogP contribution in [-0.4, -0.2) is 11.8 Å². The van der Waals surface area contributed by atoms with Crippen LogP contribution in [0.4, 0.5) is 10.1 Å². The van der Waals surface area contributed by atoms with Crippen molar-refractivity contribution in [3.05, 3.63) is 107 Å². The second kappa shape index (κ2) is 8.97. The summed E-state index contributed by atoms with van der Waals surface area (Å²) in [6, 6.07) is 20.7. The molecule has 28 heavy (non-hydrogen) atoms. The summed E-state index contributed by atoms with van der Waals surface area (Å²) in [7, 11) is 0. The molecule has 0 atom stereocenters. The van der Waals surface area contributed by atoms with Crippen molar-refractivity contribution >= 4 is 35.2 Å². The number of amides is 2. The van der Waals surface area contributed by atoms with E-state index in [0.29, 0.717) is 21.8 Å². The molecule has 140 valence electrons. The van der Waals surface area contributed by atoms with Crippen molar-refractivity contribution in [2.45, 2.75) is 0 Å². The highest BCUT2D eigenvalue weighted by Crippen LogP contribution is 2.15. The van der Waals surface area contributed by atoms with E-state index in [0.717, 1.165) is 0 Å². The molecule has 0 aromatic heterocycles. The molecule has 0 radical (unpaired) electrons. The molecule has 0 heterocycles. The molecule has 3 rings (SSSR count). The fraction of sp³-hybridized carbons (Fsp3) is 0. The van der Waals surface area contributed by atoms with Crippen molar-refractivity contribution in [2.24, 2.45) is 0 Å². The Bertz CT molecular complexity index is 1000. The molecule has 0 aliphatic rings. The number of benzene rings is 3. The van der Waals surface area contributed by atoms with Crippen LogP contribution in [0.2, 0.25) is 5.02 Å². The van der Waals surface area contributed by atoms with Gasteiger partial charge >= 0.3 is 0 Å². The van der Waals surface area contributed by atoms with Crippen molar-refractivity contribution < 1.29 is 14.0 Å². The van der Waals surface area contributed by atoms with Gasteiger partial charge in [0.2, 0.25) is 0 Å². The largest absolute Gasteiger partial charge is 0.321 e. The maximum absolute atomic E-state index is 13.2. The van der Waals surface area contributed by atoms with E-state index in [2.05, 4.69) is 10.6 Å². The highest BCUT2D eigenvalue weighted by Gasteiger charge is 2.15. The third kappa shape index (κ3) is 5.28. The van der Waals surface area contributed by atoms with E-state index in [1.807, 2.05) is 0 Å². The predicted octanol–water partition coefficient (Wildman–Crippen LogP) is 4.89. The zero-order valence-electron chi connectivity index (χ0n) is 14.7. The molecular weight excluding hydrogens is 379 g/mol. The molecule has 6 heteroatoms. The fourth-order valence-electron chi connectivity index (χ4n) is 2.40. The summed E-state index contributed by atoms with van der Waals surface area (Å²) in [6.07, 6.45) is 1.48. The summed E-state index contributed by atoms with van der Waals surface area (Å²) in [5.41, 5.74) is 1.52. The SMILES string of the molecule is O=C(Nc1ccc(Cl)cc1)/C(=C\c1ccc(F)cc1)NC(=O)c1ccccc1. The maximum atomic E-state index is 13.2. The van der Waals surface area contributed by atoms with Gasteiger partial charge in [-0.15, -0.1) is 0 Å². The Hall–Kier alpha value is -3.44. The monoisotopic (exact) mass is 394 g/mol. The van der Waals surface area contributed by atoms with E-state index in [9.17, 15) is 14.0 Å². The molecule has 3 aromatic rings. The van der Waals surface area contributed by atoms with Crippen LogP contribution in [-0.2, 0) is 4.79 Å². The van der Waals surface area contributed by atoms with Gasteiger partial charge in [0.1, 0.15) is 11.5 Å². The van der Waals surface area contributed by atoms with E-state index < -0.39 is 17.6 Å². The average Bonchev–Trinajstić information content (AvgIpc) is 2.71. The van der Waals surface area contributed by atoms with Gasteiger partial charge in [-0.1, -0.05) is 41.9 Å². The van der Waals surface area contributed by atoms with Gasteiger partial charge in [0.25, 0.3) is 11.8 Å². The third-order valence-corrected chi connectivity index (χ3v) is 4.06. The Labute approximate surface area is 166 Å². The van der Waals surface area contributed by atoms with E-state index in [4.69, 9.17) is 11.6 Å². The van der Waals surface area contributed by atoms with Gasteiger partial charge in [-0.05, 0) is 60.2 Å². The van der Waals surface area contributed by atoms with E-state index in [-0.39, 0.29) is 5.70 Å². The summed E-state index contributed by atoms with van der Waals surface area (Å²) < 4.78 is 13.2. The number of nitrogens with one attached hydrogen (secondary N) is 2. The molecule has 0 saturated carbocycles. The second-order valence-electron chi connectivity index (χ2n) is 5.89. The molecular formula is C22H16ClFN2O2. The van der Waals surface area contributed by atoms with E-state index >= 15 is 0 Å². The molecule has 0 fully saturated rings. The molecule has 0 unspecified atom stereocenters. The van der Waals surface area contributed by atoms with Crippen molar-refractivity contribution in [3.8, 4) is 0 Å². The maximum Gasteiger partial charge on any atom is 0.272 e. The number of halogens is 2. The van der Waals surface area contributed by atoms with Crippen LogP contribution in [0.15, 0.2) is 84.6 Å². The number of carbonyl (C=O) groups is 2. The lowest BCUT2D eigenvalue weighted by Crippen LogP contribution is -2.30. The van der Waals surface area contributed by atoms with Crippen molar-refractivity contribution in [1.82, 2.24) is 5.32 Å². The smallest absolute Gasteiger partial charge is 0.272 e. The molecule has 0 aliphatic heterocycles. The van der Waals surface area contributed by atoms with Gasteiger partial charge in [-0.2, -0.15) is 0 Å². The molecule has 2 amide bonds. The minimum atomic E-state index is -0.518. The van der Waals surface area contributed by atoms with Crippen LogP contribution < -0.4 is 10.6 Å². The molecule has 0 spiro atoms. The summed E-state index contributed by atoms with van der Waals surface area (Å²) in [5.74, 6) is -1.34. The first kappa shape index (κ1) is 19.3. The van der Waals surface area contributed by atoms with Crippen LogP contribution in [0.5, 0.6) is 0 Å². The second-order valence-corrected chi connectivity index (χ2v) is 6.33. The van der Waals surface area contributed by atoms with Gasteiger partial charge in [0.15, 0.2) is 0 Å². The number of hydrogen-bond acceptors (Lipinski definition) is 2. The minimum Gasteiger partial charge on any atom is -0.321 e. The third-order valence-electron chi connectivity index (χ3n) is 3.81. The quantitative estimate of drug-likeness (QED) is 0.605. The molecule has 2 N–H and O–H groups in total. The van der Waals surface area contributed by atoms with Crippen LogP contribution in [0.1, 0.15) is 15.9 Å². The Morgan fingerprint density at radius 1 is 0.857 bits per heavy atom. The Morgan fingerprint density at radius 3 is 2.14 bits per heavy atom. The molecule has 3 aromatic carbocycles. The number of carbonyl (C=O) groups excluding carboxylic acids is 2. The zero-order chi connectivity index (χ0) is 19.9. The molecule has 4 nitrogen and oxygen atoms in total. The van der Waals surface area contributed by atoms with Crippen LogP contribution in [0.25, 0.3) is 6.08 Å². The van der Waals surface area contributed by atoms with Gasteiger partial charge in [0, 0.05) is 16.3 Å². The topological polar surface area (TPSA) is 58.2 Å². The number of anilines is 1. The van der Waals surface area contributed by atoms with Crippen LogP contribution in [0, 0.1) is 5.82 Å². The summed E-state index contributed by atoms with van der Waals surface area (Å²) >= 11 is 5.86. The van der Waals surface area contributed by atoms with Crippen molar-refractivity contribution in [3.63, 3.8) is 0 Å². The highest BCUT2D eigenvalue weighted by molar-refractivity contribution is 6.30. The Kier molecular flexibility index (Phi) is 6.19. The minimum absolute atomic E-state index is 0.0235. The van der Waals surface area contributed by atoms with Crippen LogP contribution in [0.3, 0.4) is 0 Å². The summed E-state index contributed by atoms with van der Waals surface area (Å²) in [4.78, 5) is 25.2. The average molecular weight is 395 g/mol. The first-order valence-corrected chi connectivity index (χ1v) is 8.79. The first-order valence-electron chi connectivity index (χ1n) is 8.42.